The Kier molecular flexibility index (Phi) is 6.18. The maximum absolute atomic E-state index is 12.7. The van der Waals surface area contributed by atoms with E-state index in [-0.39, 0.29) is 5.91 Å². The molecule has 1 aromatic heterocycles. The van der Waals surface area contributed by atoms with Gasteiger partial charge in [-0.3, -0.25) is 4.79 Å². The van der Waals surface area contributed by atoms with Crippen LogP contribution in [0.2, 0.25) is 0 Å². The van der Waals surface area contributed by atoms with Crippen molar-refractivity contribution in [2.75, 3.05) is 5.32 Å². The van der Waals surface area contributed by atoms with Crippen molar-refractivity contribution in [2.24, 2.45) is 0 Å². The van der Waals surface area contributed by atoms with Crippen LogP contribution in [0.3, 0.4) is 0 Å². The van der Waals surface area contributed by atoms with Gasteiger partial charge in [0.1, 0.15) is 4.88 Å². The van der Waals surface area contributed by atoms with Gasteiger partial charge < -0.3 is 10.1 Å². The largest absolute Gasteiger partial charge is 0.448 e. The summed E-state index contributed by atoms with van der Waals surface area (Å²) in [6.07, 6.45) is -0.907. The molecule has 2 aromatic carbocycles. The Morgan fingerprint density at radius 1 is 0.931 bits per heavy atom. The summed E-state index contributed by atoms with van der Waals surface area (Å²) >= 11 is 1.31. The van der Waals surface area contributed by atoms with E-state index in [1.165, 1.54) is 11.3 Å². The number of hydrogen-bond acceptors (Lipinski definition) is 4. The standard InChI is InChI=1S/C24H25NO3S/c1-14-6-8-19(9-7-14)20-10-11-29-22(20)24(27)28-18(5)23(26)25-21-16(3)12-15(2)13-17(21)4/h6-13,18H,1-5H3,(H,25,26)/t18-/m0/s1. The number of aryl methyl sites for hydroxylation is 4. The summed E-state index contributed by atoms with van der Waals surface area (Å²) in [5, 5.41) is 4.75. The molecule has 1 heterocycles. The molecule has 3 aromatic rings. The number of benzene rings is 2. The average Bonchev–Trinajstić information content (AvgIpc) is 3.15. The van der Waals surface area contributed by atoms with Crippen molar-refractivity contribution < 1.29 is 14.3 Å². The lowest BCUT2D eigenvalue weighted by Crippen LogP contribution is -2.30. The predicted octanol–water partition coefficient (Wildman–Crippen LogP) is 5.83. The smallest absolute Gasteiger partial charge is 0.349 e. The van der Waals surface area contributed by atoms with E-state index in [1.807, 2.05) is 75.5 Å². The minimum Gasteiger partial charge on any atom is -0.448 e. The normalized spacial score (nSPS) is 11.8. The summed E-state index contributed by atoms with van der Waals surface area (Å²) in [4.78, 5) is 25.8. The number of amides is 1. The lowest BCUT2D eigenvalue weighted by atomic mass is 10.0. The van der Waals surface area contributed by atoms with Gasteiger partial charge in [0.2, 0.25) is 0 Å². The summed E-state index contributed by atoms with van der Waals surface area (Å²) in [5.41, 5.74) is 6.78. The Morgan fingerprint density at radius 3 is 2.17 bits per heavy atom. The maximum atomic E-state index is 12.7. The van der Waals surface area contributed by atoms with E-state index in [4.69, 9.17) is 4.74 Å². The molecule has 0 saturated heterocycles. The predicted molar refractivity (Wildman–Crippen MR) is 119 cm³/mol. The molecule has 0 fully saturated rings. The number of ether oxygens (including phenoxy) is 1. The zero-order valence-electron chi connectivity index (χ0n) is 17.3. The number of nitrogens with one attached hydrogen (secondary N) is 1. The number of anilines is 1. The van der Waals surface area contributed by atoms with Gasteiger partial charge >= 0.3 is 5.97 Å². The summed E-state index contributed by atoms with van der Waals surface area (Å²) < 4.78 is 5.48. The monoisotopic (exact) mass is 407 g/mol. The zero-order valence-corrected chi connectivity index (χ0v) is 18.1. The van der Waals surface area contributed by atoms with Gasteiger partial charge in [-0.1, -0.05) is 47.5 Å². The van der Waals surface area contributed by atoms with Crippen LogP contribution in [-0.2, 0) is 9.53 Å². The molecule has 0 aliphatic rings. The number of carbonyl (C=O) groups is 2. The molecule has 5 heteroatoms. The van der Waals surface area contributed by atoms with Gasteiger partial charge in [-0.2, -0.15) is 0 Å². The molecule has 29 heavy (non-hydrogen) atoms. The van der Waals surface area contributed by atoms with Crippen LogP contribution in [0.15, 0.2) is 47.8 Å². The molecule has 0 saturated carbocycles. The van der Waals surface area contributed by atoms with Crippen molar-refractivity contribution in [2.45, 2.75) is 40.7 Å². The van der Waals surface area contributed by atoms with Crippen molar-refractivity contribution in [1.82, 2.24) is 0 Å². The molecule has 1 atom stereocenters. The zero-order chi connectivity index (χ0) is 21.1. The van der Waals surface area contributed by atoms with E-state index in [2.05, 4.69) is 5.32 Å². The SMILES string of the molecule is Cc1ccc(-c2ccsc2C(=O)O[C@@H](C)C(=O)Nc2c(C)cc(C)cc2C)cc1. The fraction of sp³-hybridized carbons (Fsp3) is 0.250. The van der Waals surface area contributed by atoms with Crippen LogP contribution < -0.4 is 5.32 Å². The molecular weight excluding hydrogens is 382 g/mol. The fourth-order valence-electron chi connectivity index (χ4n) is 3.30. The molecule has 150 valence electrons. The number of thiophene rings is 1. The highest BCUT2D eigenvalue weighted by Gasteiger charge is 2.23. The van der Waals surface area contributed by atoms with Crippen LogP contribution in [0.4, 0.5) is 5.69 Å². The van der Waals surface area contributed by atoms with E-state index in [9.17, 15) is 9.59 Å². The first-order valence-electron chi connectivity index (χ1n) is 9.50. The summed E-state index contributed by atoms with van der Waals surface area (Å²) in [6, 6.07) is 13.9. The van der Waals surface area contributed by atoms with Gasteiger partial charge in [0, 0.05) is 11.3 Å². The Bertz CT molecular complexity index is 1030. The van der Waals surface area contributed by atoms with Crippen molar-refractivity contribution in [3.8, 4) is 11.1 Å². The molecule has 0 unspecified atom stereocenters. The topological polar surface area (TPSA) is 55.4 Å². The Hall–Kier alpha value is -2.92. The molecule has 0 bridgehead atoms. The van der Waals surface area contributed by atoms with Crippen LogP contribution >= 0.6 is 11.3 Å². The first-order valence-corrected chi connectivity index (χ1v) is 10.4. The maximum Gasteiger partial charge on any atom is 0.349 e. The molecule has 1 N–H and O–H groups in total. The Balaban J connectivity index is 1.72. The number of esters is 1. The summed E-state index contributed by atoms with van der Waals surface area (Å²) in [6.45, 7) is 9.52. The van der Waals surface area contributed by atoms with Gasteiger partial charge in [0.25, 0.3) is 5.91 Å². The second-order valence-corrected chi connectivity index (χ2v) is 8.26. The molecule has 0 aliphatic heterocycles. The van der Waals surface area contributed by atoms with Crippen LogP contribution in [0, 0.1) is 27.7 Å². The number of carbonyl (C=O) groups excluding carboxylic acids is 2. The summed E-state index contributed by atoms with van der Waals surface area (Å²) in [5.74, 6) is -0.836. The second kappa shape index (κ2) is 8.62. The quantitative estimate of drug-likeness (QED) is 0.541. The third-order valence-corrected chi connectivity index (χ3v) is 5.69. The minimum atomic E-state index is -0.907. The highest BCUT2D eigenvalue weighted by molar-refractivity contribution is 7.12. The van der Waals surface area contributed by atoms with E-state index >= 15 is 0 Å². The molecule has 0 radical (unpaired) electrons. The van der Waals surface area contributed by atoms with E-state index < -0.39 is 12.1 Å². The van der Waals surface area contributed by atoms with Crippen molar-refractivity contribution in [3.63, 3.8) is 0 Å². The van der Waals surface area contributed by atoms with E-state index in [1.54, 1.807) is 6.92 Å². The molecule has 4 nitrogen and oxygen atoms in total. The highest BCUT2D eigenvalue weighted by atomic mass is 32.1. The van der Waals surface area contributed by atoms with Crippen LogP contribution in [0.25, 0.3) is 11.1 Å². The third kappa shape index (κ3) is 4.74. The lowest BCUT2D eigenvalue weighted by Gasteiger charge is -2.17. The van der Waals surface area contributed by atoms with Crippen molar-refractivity contribution in [3.05, 3.63) is 75.0 Å². The lowest BCUT2D eigenvalue weighted by molar-refractivity contribution is -0.123. The second-order valence-electron chi connectivity index (χ2n) is 7.34. The van der Waals surface area contributed by atoms with E-state index in [0.717, 1.165) is 39.1 Å². The molecule has 1 amide bonds. The molecule has 0 aliphatic carbocycles. The highest BCUT2D eigenvalue weighted by Crippen LogP contribution is 2.29. The van der Waals surface area contributed by atoms with Crippen LogP contribution in [0.1, 0.15) is 38.8 Å². The Labute approximate surface area is 175 Å². The first-order chi connectivity index (χ1) is 13.8. The average molecular weight is 408 g/mol. The van der Waals surface area contributed by atoms with Crippen molar-refractivity contribution in [1.29, 1.82) is 0 Å². The summed E-state index contributed by atoms with van der Waals surface area (Å²) in [7, 11) is 0. The van der Waals surface area contributed by atoms with Gasteiger partial charge in [-0.15, -0.1) is 11.3 Å². The van der Waals surface area contributed by atoms with Crippen molar-refractivity contribution >= 4 is 28.9 Å². The molecule has 3 rings (SSSR count). The van der Waals surface area contributed by atoms with Crippen LogP contribution in [-0.4, -0.2) is 18.0 Å². The van der Waals surface area contributed by atoms with Gasteiger partial charge in [-0.25, -0.2) is 4.79 Å². The van der Waals surface area contributed by atoms with Crippen LogP contribution in [0.5, 0.6) is 0 Å². The fourth-order valence-corrected chi connectivity index (χ4v) is 4.09. The minimum absolute atomic E-state index is 0.346. The van der Waals surface area contributed by atoms with Gasteiger partial charge in [-0.05, 0) is 62.8 Å². The molecular formula is C24H25NO3S. The van der Waals surface area contributed by atoms with Gasteiger partial charge in [0.15, 0.2) is 6.10 Å². The van der Waals surface area contributed by atoms with E-state index in [0.29, 0.717) is 4.88 Å². The number of rotatable bonds is 5. The first kappa shape index (κ1) is 20.8. The number of hydrogen-bond donors (Lipinski definition) is 1. The van der Waals surface area contributed by atoms with Gasteiger partial charge in [0.05, 0.1) is 0 Å². The third-order valence-electron chi connectivity index (χ3n) is 4.79. The Morgan fingerprint density at radius 2 is 1.55 bits per heavy atom. The molecule has 0 spiro atoms.